The fourth-order valence-corrected chi connectivity index (χ4v) is 1.80. The molecule has 0 aliphatic carbocycles. The molecule has 0 radical (unpaired) electrons. The first-order valence-corrected chi connectivity index (χ1v) is 6.82. The van der Waals surface area contributed by atoms with E-state index >= 15 is 0 Å². The van der Waals surface area contributed by atoms with Crippen LogP contribution in [0.15, 0.2) is 0 Å². The molecule has 0 unspecified atom stereocenters. The summed E-state index contributed by atoms with van der Waals surface area (Å²) in [4.78, 5) is 0. The number of hydrazine groups is 2. The highest BCUT2D eigenvalue weighted by molar-refractivity contribution is 4.62. The van der Waals surface area contributed by atoms with Gasteiger partial charge in [-0.25, -0.2) is 10.0 Å². The van der Waals surface area contributed by atoms with E-state index in [-0.39, 0.29) is 5.54 Å². The molecular formula is C13H32N4. The summed E-state index contributed by atoms with van der Waals surface area (Å²) in [5.41, 5.74) is 5.35. The fourth-order valence-electron chi connectivity index (χ4n) is 1.80. The first-order chi connectivity index (χ1) is 7.79. The minimum atomic E-state index is 0. The average molecular weight is 244 g/mol. The van der Waals surface area contributed by atoms with E-state index in [0.717, 1.165) is 13.1 Å². The van der Waals surface area contributed by atoms with Crippen molar-refractivity contribution in [2.45, 2.75) is 53.0 Å². The van der Waals surface area contributed by atoms with Crippen LogP contribution >= 0.6 is 0 Å². The summed E-state index contributed by atoms with van der Waals surface area (Å²) in [7, 11) is 2.16. The van der Waals surface area contributed by atoms with Crippen molar-refractivity contribution in [1.82, 2.24) is 15.1 Å². The van der Waals surface area contributed by atoms with E-state index in [2.05, 4.69) is 36.0 Å². The minimum absolute atomic E-state index is 0. The summed E-state index contributed by atoms with van der Waals surface area (Å²) in [6.07, 6.45) is 2.71. The van der Waals surface area contributed by atoms with Gasteiger partial charge in [0.2, 0.25) is 0 Å². The third-order valence-corrected chi connectivity index (χ3v) is 2.63. The maximum Gasteiger partial charge on any atom is 0.0179 e. The Morgan fingerprint density at radius 1 is 1.06 bits per heavy atom. The molecule has 1 fully saturated rings. The molecule has 0 aromatic carbocycles. The first-order valence-electron chi connectivity index (χ1n) is 6.82. The normalized spacial score (nSPS) is 17.5. The van der Waals surface area contributed by atoms with E-state index in [1.807, 2.05) is 20.8 Å². The molecule has 0 atom stereocenters. The molecule has 2 N–H and O–H groups in total. The Labute approximate surface area is 108 Å². The monoisotopic (exact) mass is 244 g/mol. The van der Waals surface area contributed by atoms with Crippen LogP contribution in [0.4, 0.5) is 0 Å². The zero-order chi connectivity index (χ0) is 13.5. The van der Waals surface area contributed by atoms with Gasteiger partial charge in [-0.05, 0) is 33.6 Å². The van der Waals surface area contributed by atoms with Crippen LogP contribution in [0.5, 0.6) is 0 Å². The van der Waals surface area contributed by atoms with Crippen LogP contribution < -0.4 is 5.73 Å². The van der Waals surface area contributed by atoms with Gasteiger partial charge < -0.3 is 5.73 Å². The zero-order valence-corrected chi connectivity index (χ0v) is 12.7. The Balaban J connectivity index is 0.000000437. The van der Waals surface area contributed by atoms with Crippen LogP contribution in [0.1, 0.15) is 47.5 Å². The van der Waals surface area contributed by atoms with Crippen LogP contribution in [0.3, 0.4) is 0 Å². The summed E-state index contributed by atoms with van der Waals surface area (Å²) < 4.78 is 0. The van der Waals surface area contributed by atoms with Crippen molar-refractivity contribution < 1.29 is 0 Å². The van der Waals surface area contributed by atoms with Gasteiger partial charge in [0.05, 0.1) is 0 Å². The molecule has 0 aromatic rings. The summed E-state index contributed by atoms with van der Waals surface area (Å²) in [5, 5.41) is 7.06. The average Bonchev–Trinajstić information content (AvgIpc) is 2.69. The number of nitrogens with two attached hydrogens (primary N) is 1. The zero-order valence-electron chi connectivity index (χ0n) is 12.7. The molecule has 4 nitrogen and oxygen atoms in total. The van der Waals surface area contributed by atoms with Crippen LogP contribution in [0, 0.1) is 0 Å². The lowest BCUT2D eigenvalue weighted by Crippen LogP contribution is -2.49. The number of hydrogen-bond donors (Lipinski definition) is 1. The molecule has 0 saturated carbocycles. The van der Waals surface area contributed by atoms with E-state index in [4.69, 9.17) is 5.73 Å². The highest BCUT2D eigenvalue weighted by Crippen LogP contribution is 2.11. The van der Waals surface area contributed by atoms with Gasteiger partial charge in [-0.1, -0.05) is 13.8 Å². The Bertz CT molecular complexity index is 170. The molecule has 0 amide bonds. The molecule has 4 heteroatoms. The van der Waals surface area contributed by atoms with Crippen LogP contribution in [0.2, 0.25) is 0 Å². The van der Waals surface area contributed by atoms with E-state index in [1.54, 1.807) is 0 Å². The summed E-state index contributed by atoms with van der Waals surface area (Å²) >= 11 is 0. The van der Waals surface area contributed by atoms with Gasteiger partial charge in [-0.2, -0.15) is 5.12 Å². The molecule has 0 spiro atoms. The minimum Gasteiger partial charge on any atom is -0.326 e. The molecule has 17 heavy (non-hydrogen) atoms. The quantitative estimate of drug-likeness (QED) is 0.767. The van der Waals surface area contributed by atoms with Gasteiger partial charge >= 0.3 is 0 Å². The number of hydrogen-bond acceptors (Lipinski definition) is 4. The second-order valence-electron chi connectivity index (χ2n) is 5.66. The van der Waals surface area contributed by atoms with Crippen molar-refractivity contribution in [1.29, 1.82) is 0 Å². The summed E-state index contributed by atoms with van der Waals surface area (Å²) in [6, 6.07) is 0. The van der Waals surface area contributed by atoms with Gasteiger partial charge in [0.25, 0.3) is 0 Å². The van der Waals surface area contributed by atoms with Crippen molar-refractivity contribution >= 4 is 0 Å². The van der Waals surface area contributed by atoms with Gasteiger partial charge in [0.15, 0.2) is 0 Å². The topological polar surface area (TPSA) is 35.7 Å². The van der Waals surface area contributed by atoms with Crippen molar-refractivity contribution in [3.8, 4) is 0 Å². The highest BCUT2D eigenvalue weighted by Gasteiger charge is 2.19. The van der Waals surface area contributed by atoms with Crippen molar-refractivity contribution in [2.75, 3.05) is 33.2 Å². The standard InChI is InChI=1S/C9H21N3.C4H11N/c1-4-11(5-2)10(3)12-8-6-7-9-12;1-4(2,3)5/h4-9H2,1-3H3;5H2,1-3H3. The Morgan fingerprint density at radius 2 is 1.41 bits per heavy atom. The lowest BCUT2D eigenvalue weighted by Gasteiger charge is -2.36. The van der Waals surface area contributed by atoms with Gasteiger partial charge in [-0.15, -0.1) is 0 Å². The molecular weight excluding hydrogens is 212 g/mol. The van der Waals surface area contributed by atoms with Gasteiger partial charge in [-0.3, -0.25) is 0 Å². The second kappa shape index (κ2) is 8.03. The first kappa shape index (κ1) is 16.8. The molecule has 0 aromatic heterocycles. The highest BCUT2D eigenvalue weighted by atomic mass is 15.8. The molecule has 1 aliphatic heterocycles. The van der Waals surface area contributed by atoms with Crippen LogP contribution in [-0.2, 0) is 0 Å². The SMILES string of the molecule is CC(C)(C)N.CCN(CC)N(C)N1CCCC1. The van der Waals surface area contributed by atoms with Crippen molar-refractivity contribution in [2.24, 2.45) is 5.73 Å². The molecule has 0 bridgehead atoms. The third kappa shape index (κ3) is 8.55. The van der Waals surface area contributed by atoms with Crippen molar-refractivity contribution in [3.63, 3.8) is 0 Å². The lowest BCUT2D eigenvalue weighted by molar-refractivity contribution is -0.150. The predicted molar refractivity (Wildman–Crippen MR) is 75.4 cm³/mol. The number of nitrogens with zero attached hydrogens (tertiary/aromatic N) is 3. The summed E-state index contributed by atoms with van der Waals surface area (Å²) in [5.74, 6) is 0. The molecule has 104 valence electrons. The second-order valence-corrected chi connectivity index (χ2v) is 5.66. The number of rotatable bonds is 4. The fraction of sp³-hybridized carbons (Fsp3) is 1.00. The van der Waals surface area contributed by atoms with E-state index < -0.39 is 0 Å². The smallest absolute Gasteiger partial charge is 0.0179 e. The largest absolute Gasteiger partial charge is 0.326 e. The van der Waals surface area contributed by atoms with Crippen LogP contribution in [0.25, 0.3) is 0 Å². The van der Waals surface area contributed by atoms with Crippen LogP contribution in [-0.4, -0.2) is 53.9 Å². The molecule has 1 aliphatic rings. The van der Waals surface area contributed by atoms with E-state index in [9.17, 15) is 0 Å². The Kier molecular flexibility index (Phi) is 7.96. The maximum absolute atomic E-state index is 5.35. The molecule has 1 rings (SSSR count). The Hall–Kier alpha value is -0.160. The molecule has 1 heterocycles. The maximum atomic E-state index is 5.35. The Morgan fingerprint density at radius 3 is 1.71 bits per heavy atom. The molecule has 1 saturated heterocycles. The predicted octanol–water partition coefficient (Wildman–Crippen LogP) is 1.93. The van der Waals surface area contributed by atoms with E-state index in [1.165, 1.54) is 25.9 Å². The van der Waals surface area contributed by atoms with Crippen molar-refractivity contribution in [3.05, 3.63) is 0 Å². The third-order valence-electron chi connectivity index (χ3n) is 2.63. The van der Waals surface area contributed by atoms with Gasteiger partial charge in [0, 0.05) is 38.8 Å². The van der Waals surface area contributed by atoms with E-state index in [0.29, 0.717) is 0 Å². The van der Waals surface area contributed by atoms with Gasteiger partial charge in [0.1, 0.15) is 0 Å². The summed E-state index contributed by atoms with van der Waals surface area (Å²) in [6.45, 7) is 15.0. The lowest BCUT2D eigenvalue weighted by atomic mass is 10.1.